The number of nitrogens with one attached hydrogen (secondary N) is 3. The van der Waals surface area contributed by atoms with E-state index in [0.717, 1.165) is 22.5 Å². The Labute approximate surface area is 222 Å². The lowest BCUT2D eigenvalue weighted by Crippen LogP contribution is -2.51. The molecule has 1 fully saturated rings. The maximum Gasteiger partial charge on any atom is 0.272 e. The third kappa shape index (κ3) is 5.73. The molecule has 0 unspecified atom stereocenters. The van der Waals surface area contributed by atoms with Crippen molar-refractivity contribution in [2.75, 3.05) is 24.5 Å². The molecule has 3 heterocycles. The molecule has 37 heavy (non-hydrogen) atoms. The summed E-state index contributed by atoms with van der Waals surface area (Å²) >= 11 is 6.84. The smallest absolute Gasteiger partial charge is 0.272 e. The van der Waals surface area contributed by atoms with E-state index in [9.17, 15) is 18.3 Å². The van der Waals surface area contributed by atoms with E-state index in [2.05, 4.69) is 20.5 Å². The minimum Gasteiger partial charge on any atom is -0.507 e. The standard InChI is InChI=1S/C24H24ClN5O5S2/c25-20-7-8-21(36-20)37(33,34)29-23-22-18(5-2-6-19(22)31)30(28-23)13-16-4-1-3-15(11-16)12-27-24(32)17-14-35-10-9-26-17/h1-8,11,17,26,31H,9-10,12-14H2,(H,27,32)(H,28,29)/t17-/m1/s1. The van der Waals surface area contributed by atoms with Crippen LogP contribution in [0.15, 0.2) is 58.8 Å². The number of sulfonamides is 1. The van der Waals surface area contributed by atoms with Crippen molar-refractivity contribution >= 4 is 55.6 Å². The number of morpholine rings is 1. The van der Waals surface area contributed by atoms with Crippen molar-refractivity contribution in [3.63, 3.8) is 0 Å². The first-order valence-corrected chi connectivity index (χ1v) is 14.1. The molecular formula is C24H24ClN5O5S2. The molecule has 10 nitrogen and oxygen atoms in total. The highest BCUT2D eigenvalue weighted by atomic mass is 35.5. The number of carbonyl (C=O) groups excluding carboxylic acids is 1. The number of rotatable bonds is 8. The molecule has 1 aliphatic heterocycles. The van der Waals surface area contributed by atoms with Crippen molar-refractivity contribution in [2.24, 2.45) is 0 Å². The highest BCUT2D eigenvalue weighted by Crippen LogP contribution is 2.34. The summed E-state index contributed by atoms with van der Waals surface area (Å²) in [6, 6.07) is 15.1. The number of fused-ring (bicyclic) bond motifs is 1. The first kappa shape index (κ1) is 25.5. The van der Waals surface area contributed by atoms with Crippen molar-refractivity contribution in [1.29, 1.82) is 0 Å². The normalized spacial score (nSPS) is 16.1. The second-order valence-electron chi connectivity index (χ2n) is 8.46. The zero-order valence-corrected chi connectivity index (χ0v) is 21.9. The molecule has 13 heteroatoms. The van der Waals surface area contributed by atoms with Gasteiger partial charge in [-0.05, 0) is 35.4 Å². The number of aromatic nitrogens is 2. The Morgan fingerprint density at radius 3 is 2.78 bits per heavy atom. The predicted molar refractivity (Wildman–Crippen MR) is 142 cm³/mol. The molecule has 194 valence electrons. The molecule has 5 rings (SSSR count). The Hall–Kier alpha value is -3.16. The first-order chi connectivity index (χ1) is 17.8. The van der Waals surface area contributed by atoms with Crippen LogP contribution in [-0.4, -0.2) is 55.0 Å². The molecule has 1 saturated heterocycles. The molecule has 0 radical (unpaired) electrons. The van der Waals surface area contributed by atoms with E-state index in [4.69, 9.17) is 16.3 Å². The van der Waals surface area contributed by atoms with Gasteiger partial charge in [-0.1, -0.05) is 41.9 Å². The van der Waals surface area contributed by atoms with E-state index < -0.39 is 10.0 Å². The summed E-state index contributed by atoms with van der Waals surface area (Å²) in [7, 11) is -3.95. The lowest BCUT2D eigenvalue weighted by molar-refractivity contribution is -0.126. The molecule has 4 aromatic rings. The lowest BCUT2D eigenvalue weighted by Gasteiger charge is -2.22. The number of thiophene rings is 1. The van der Waals surface area contributed by atoms with Gasteiger partial charge in [0.1, 0.15) is 16.0 Å². The number of benzene rings is 2. The van der Waals surface area contributed by atoms with Gasteiger partial charge in [0.05, 0.1) is 35.0 Å². The van der Waals surface area contributed by atoms with Gasteiger partial charge in [-0.3, -0.25) is 14.2 Å². The van der Waals surface area contributed by atoms with Gasteiger partial charge in [0.25, 0.3) is 10.0 Å². The number of amides is 1. The molecule has 1 amide bonds. The number of ether oxygens (including phenoxy) is 1. The monoisotopic (exact) mass is 561 g/mol. The highest BCUT2D eigenvalue weighted by Gasteiger charge is 2.23. The molecule has 4 N–H and O–H groups in total. The summed E-state index contributed by atoms with van der Waals surface area (Å²) in [6.45, 7) is 2.24. The number of phenolic OH excluding ortho intramolecular Hbond substituents is 1. The third-order valence-electron chi connectivity index (χ3n) is 5.83. The van der Waals surface area contributed by atoms with E-state index in [1.54, 1.807) is 16.8 Å². The number of nitrogens with zero attached hydrogens (tertiary/aromatic N) is 2. The SMILES string of the molecule is O=C(NCc1cccc(Cn2nc(NS(=O)(=O)c3ccc(Cl)s3)c3c(O)cccc32)c1)[C@H]1COCCN1. The van der Waals surface area contributed by atoms with Crippen LogP contribution in [0.3, 0.4) is 0 Å². The number of anilines is 1. The maximum absolute atomic E-state index is 12.9. The number of halogens is 1. The topological polar surface area (TPSA) is 135 Å². The molecule has 0 saturated carbocycles. The van der Waals surface area contributed by atoms with Gasteiger partial charge in [-0.25, -0.2) is 8.42 Å². The van der Waals surface area contributed by atoms with Crippen molar-refractivity contribution in [3.8, 4) is 5.75 Å². The molecule has 0 aliphatic carbocycles. The minimum atomic E-state index is -3.95. The number of phenols is 1. The molecule has 0 bridgehead atoms. The van der Waals surface area contributed by atoms with Crippen LogP contribution in [0.2, 0.25) is 4.34 Å². The van der Waals surface area contributed by atoms with Gasteiger partial charge in [0.2, 0.25) is 5.91 Å². The second kappa shape index (κ2) is 10.7. The van der Waals surface area contributed by atoms with E-state index in [0.29, 0.717) is 48.1 Å². The van der Waals surface area contributed by atoms with Gasteiger partial charge < -0.3 is 20.5 Å². The molecule has 0 spiro atoms. The fourth-order valence-corrected chi connectivity index (χ4v) is 6.57. The van der Waals surface area contributed by atoms with Gasteiger partial charge >= 0.3 is 0 Å². The van der Waals surface area contributed by atoms with Crippen molar-refractivity contribution in [2.45, 2.75) is 23.3 Å². The van der Waals surface area contributed by atoms with Gasteiger partial charge in [0, 0.05) is 13.1 Å². The average Bonchev–Trinajstić information content (AvgIpc) is 3.48. The largest absolute Gasteiger partial charge is 0.507 e. The summed E-state index contributed by atoms with van der Waals surface area (Å²) in [6.07, 6.45) is 0. The first-order valence-electron chi connectivity index (χ1n) is 11.4. The minimum absolute atomic E-state index is 0.0169. The Morgan fingerprint density at radius 1 is 1.22 bits per heavy atom. The van der Waals surface area contributed by atoms with Gasteiger partial charge in [-0.2, -0.15) is 5.10 Å². The summed E-state index contributed by atoms with van der Waals surface area (Å²) in [5.41, 5.74) is 2.35. The highest BCUT2D eigenvalue weighted by molar-refractivity contribution is 7.94. The summed E-state index contributed by atoms with van der Waals surface area (Å²) in [5.74, 6) is -0.201. The summed E-state index contributed by atoms with van der Waals surface area (Å²) in [5, 5.41) is 21.3. The Bertz CT molecular complexity index is 1550. The van der Waals surface area contributed by atoms with E-state index in [1.807, 2.05) is 24.3 Å². The van der Waals surface area contributed by atoms with Crippen molar-refractivity contribution in [3.05, 3.63) is 70.1 Å². The fraction of sp³-hybridized carbons (Fsp3) is 0.250. The van der Waals surface area contributed by atoms with Crippen LogP contribution in [-0.2, 0) is 32.6 Å². The Morgan fingerprint density at radius 2 is 2.03 bits per heavy atom. The molecule has 1 aliphatic rings. The molecule has 2 aromatic heterocycles. The van der Waals surface area contributed by atoms with E-state index >= 15 is 0 Å². The number of aromatic hydroxyl groups is 1. The lowest BCUT2D eigenvalue weighted by atomic mass is 10.1. The zero-order valence-electron chi connectivity index (χ0n) is 19.5. The molecular weight excluding hydrogens is 538 g/mol. The predicted octanol–water partition coefficient (Wildman–Crippen LogP) is 2.91. The van der Waals surface area contributed by atoms with Crippen molar-refractivity contribution in [1.82, 2.24) is 20.4 Å². The van der Waals surface area contributed by atoms with Gasteiger partial charge in [-0.15, -0.1) is 11.3 Å². The second-order valence-corrected chi connectivity index (χ2v) is 12.1. The van der Waals surface area contributed by atoms with Crippen molar-refractivity contribution < 1.29 is 23.1 Å². The number of hydrogen-bond acceptors (Lipinski definition) is 8. The van der Waals surface area contributed by atoms with E-state index in [-0.39, 0.29) is 27.7 Å². The average molecular weight is 562 g/mol. The summed E-state index contributed by atoms with van der Waals surface area (Å²) < 4.78 is 35.6. The number of hydrogen-bond donors (Lipinski definition) is 4. The number of carbonyl (C=O) groups is 1. The Kier molecular flexibility index (Phi) is 7.36. The van der Waals surface area contributed by atoms with E-state index in [1.165, 1.54) is 18.2 Å². The van der Waals surface area contributed by atoms with Crippen LogP contribution in [0.5, 0.6) is 5.75 Å². The van der Waals surface area contributed by atoms with Crippen LogP contribution in [0.4, 0.5) is 5.82 Å². The van der Waals surface area contributed by atoms with Crippen LogP contribution in [0, 0.1) is 0 Å². The summed E-state index contributed by atoms with van der Waals surface area (Å²) in [4.78, 5) is 12.4. The third-order valence-corrected chi connectivity index (χ3v) is 8.89. The van der Waals surface area contributed by atoms with Crippen LogP contribution >= 0.6 is 22.9 Å². The fourth-order valence-electron chi connectivity index (χ4n) is 4.08. The Balaban J connectivity index is 1.36. The molecule has 1 atom stereocenters. The van der Waals surface area contributed by atoms with Crippen LogP contribution < -0.4 is 15.4 Å². The zero-order chi connectivity index (χ0) is 26.0. The quantitative estimate of drug-likeness (QED) is 0.260. The van der Waals surface area contributed by atoms with Crippen LogP contribution in [0.1, 0.15) is 11.1 Å². The van der Waals surface area contributed by atoms with Crippen LogP contribution in [0.25, 0.3) is 10.9 Å². The molecule has 2 aromatic carbocycles. The maximum atomic E-state index is 12.9. The van der Waals surface area contributed by atoms with Gasteiger partial charge in [0.15, 0.2) is 5.82 Å².